The standard InChI is InChI=1S/C11H9NO2/c1-12-11-5-3-9-6-8(7-13)2-4-10(9)14-11/h2,4,6-7,11H,3,5H2. The molecule has 0 bridgehead atoms. The summed E-state index contributed by atoms with van der Waals surface area (Å²) in [6.45, 7) is 6.86. The summed E-state index contributed by atoms with van der Waals surface area (Å²) < 4.78 is 5.41. The lowest BCUT2D eigenvalue weighted by Gasteiger charge is -2.18. The van der Waals surface area contributed by atoms with E-state index in [0.717, 1.165) is 24.0 Å². The molecule has 1 aromatic carbocycles. The number of hydrogen-bond acceptors (Lipinski definition) is 2. The van der Waals surface area contributed by atoms with Crippen molar-refractivity contribution in [1.29, 1.82) is 0 Å². The number of benzene rings is 1. The zero-order valence-corrected chi connectivity index (χ0v) is 7.56. The highest BCUT2D eigenvalue weighted by atomic mass is 16.5. The summed E-state index contributed by atoms with van der Waals surface area (Å²) in [6, 6.07) is 5.29. The predicted octanol–water partition coefficient (Wildman–Crippen LogP) is 2.07. The molecule has 2 rings (SSSR count). The Morgan fingerprint density at radius 1 is 1.57 bits per heavy atom. The van der Waals surface area contributed by atoms with Crippen molar-refractivity contribution in [1.82, 2.24) is 0 Å². The Kier molecular flexibility index (Phi) is 2.19. The summed E-state index contributed by atoms with van der Waals surface area (Å²) in [5.74, 6) is 0.739. The summed E-state index contributed by atoms with van der Waals surface area (Å²) in [4.78, 5) is 13.9. The number of aryl methyl sites for hydroxylation is 1. The second-order valence-corrected chi connectivity index (χ2v) is 3.23. The number of hydrogen-bond donors (Lipinski definition) is 0. The van der Waals surface area contributed by atoms with Crippen molar-refractivity contribution in [2.75, 3.05) is 0 Å². The number of aldehydes is 1. The fourth-order valence-corrected chi connectivity index (χ4v) is 1.56. The summed E-state index contributed by atoms with van der Waals surface area (Å²) in [6.07, 6.45) is 1.98. The Morgan fingerprint density at radius 3 is 3.14 bits per heavy atom. The Bertz CT molecular complexity index is 406. The molecule has 70 valence electrons. The highest BCUT2D eigenvalue weighted by Gasteiger charge is 2.22. The van der Waals surface area contributed by atoms with Crippen LogP contribution in [0, 0.1) is 6.57 Å². The molecule has 0 N–H and O–H groups in total. The minimum absolute atomic E-state index is 0.357. The maximum Gasteiger partial charge on any atom is 0.366 e. The zero-order valence-electron chi connectivity index (χ0n) is 7.56. The summed E-state index contributed by atoms with van der Waals surface area (Å²) >= 11 is 0. The van der Waals surface area contributed by atoms with Crippen LogP contribution in [0.4, 0.5) is 0 Å². The number of carbonyl (C=O) groups excluding carboxylic acids is 1. The monoisotopic (exact) mass is 187 g/mol. The van der Waals surface area contributed by atoms with E-state index in [1.807, 2.05) is 6.07 Å². The van der Waals surface area contributed by atoms with Gasteiger partial charge in [0.05, 0.1) is 6.42 Å². The third-order valence-electron chi connectivity index (χ3n) is 2.29. The molecule has 0 aliphatic carbocycles. The largest absolute Gasteiger partial charge is 0.423 e. The number of fused-ring (bicyclic) bond motifs is 1. The molecule has 0 aromatic heterocycles. The van der Waals surface area contributed by atoms with Crippen LogP contribution in [0.5, 0.6) is 5.75 Å². The van der Waals surface area contributed by atoms with E-state index in [0.29, 0.717) is 12.0 Å². The first kappa shape index (κ1) is 8.76. The third-order valence-corrected chi connectivity index (χ3v) is 2.29. The van der Waals surface area contributed by atoms with Gasteiger partial charge in [-0.1, -0.05) is 0 Å². The molecule has 1 unspecified atom stereocenters. The van der Waals surface area contributed by atoms with Crippen molar-refractivity contribution in [3.63, 3.8) is 0 Å². The number of rotatable bonds is 1. The lowest BCUT2D eigenvalue weighted by molar-refractivity contribution is 0.112. The first-order valence-corrected chi connectivity index (χ1v) is 4.45. The van der Waals surface area contributed by atoms with Gasteiger partial charge < -0.3 is 4.74 Å². The minimum Gasteiger partial charge on any atom is -0.423 e. The molecule has 1 aromatic rings. The smallest absolute Gasteiger partial charge is 0.366 e. The normalized spacial score (nSPS) is 18.9. The molecule has 0 saturated heterocycles. The second-order valence-electron chi connectivity index (χ2n) is 3.23. The van der Waals surface area contributed by atoms with Crippen LogP contribution >= 0.6 is 0 Å². The summed E-state index contributed by atoms with van der Waals surface area (Å²) in [5, 5.41) is 0. The summed E-state index contributed by atoms with van der Waals surface area (Å²) in [7, 11) is 0. The van der Waals surface area contributed by atoms with Crippen molar-refractivity contribution < 1.29 is 9.53 Å². The number of ether oxygens (including phenoxy) is 1. The van der Waals surface area contributed by atoms with Crippen molar-refractivity contribution in [2.45, 2.75) is 19.1 Å². The highest BCUT2D eigenvalue weighted by Crippen LogP contribution is 2.28. The van der Waals surface area contributed by atoms with Crippen LogP contribution < -0.4 is 4.74 Å². The van der Waals surface area contributed by atoms with Gasteiger partial charge in [0, 0.05) is 5.56 Å². The average molecular weight is 187 g/mol. The molecule has 3 nitrogen and oxygen atoms in total. The van der Waals surface area contributed by atoms with Gasteiger partial charge in [0.25, 0.3) is 0 Å². The SMILES string of the molecule is [C-]#[N+]C1CCc2cc(C=O)ccc2O1. The lowest BCUT2D eigenvalue weighted by atomic mass is 10.0. The Morgan fingerprint density at radius 2 is 2.43 bits per heavy atom. The third kappa shape index (κ3) is 1.47. The molecule has 1 aliphatic heterocycles. The van der Waals surface area contributed by atoms with E-state index < -0.39 is 0 Å². The van der Waals surface area contributed by atoms with Gasteiger partial charge in [-0.3, -0.25) is 9.64 Å². The zero-order chi connectivity index (χ0) is 9.97. The summed E-state index contributed by atoms with van der Waals surface area (Å²) in [5.41, 5.74) is 1.68. The van der Waals surface area contributed by atoms with E-state index in [9.17, 15) is 4.79 Å². The quantitative estimate of drug-likeness (QED) is 0.497. The number of carbonyl (C=O) groups is 1. The maximum atomic E-state index is 10.5. The first-order chi connectivity index (χ1) is 6.83. The molecule has 0 amide bonds. The Hall–Kier alpha value is -1.82. The molecular formula is C11H9NO2. The van der Waals surface area contributed by atoms with Crippen LogP contribution in [-0.2, 0) is 6.42 Å². The Balaban J connectivity index is 2.33. The fourth-order valence-electron chi connectivity index (χ4n) is 1.56. The lowest BCUT2D eigenvalue weighted by Crippen LogP contribution is -2.18. The average Bonchev–Trinajstić information content (AvgIpc) is 2.27. The fraction of sp³-hybridized carbons (Fsp3) is 0.273. The molecule has 0 spiro atoms. The van der Waals surface area contributed by atoms with Crippen molar-refractivity contribution in [2.24, 2.45) is 0 Å². The van der Waals surface area contributed by atoms with Crippen molar-refractivity contribution >= 4 is 6.29 Å². The minimum atomic E-state index is -0.357. The molecular weight excluding hydrogens is 178 g/mol. The van der Waals surface area contributed by atoms with Crippen LogP contribution in [0.2, 0.25) is 0 Å². The van der Waals surface area contributed by atoms with E-state index in [-0.39, 0.29) is 6.23 Å². The van der Waals surface area contributed by atoms with Gasteiger partial charge in [-0.15, -0.1) is 0 Å². The predicted molar refractivity (Wildman–Crippen MR) is 51.2 cm³/mol. The molecule has 0 radical (unpaired) electrons. The van der Waals surface area contributed by atoms with Gasteiger partial charge >= 0.3 is 6.23 Å². The van der Waals surface area contributed by atoms with Gasteiger partial charge in [0.15, 0.2) is 0 Å². The van der Waals surface area contributed by atoms with Gasteiger partial charge in [-0.25, -0.2) is 6.57 Å². The van der Waals surface area contributed by atoms with E-state index in [4.69, 9.17) is 11.3 Å². The molecule has 0 saturated carbocycles. The van der Waals surface area contributed by atoms with Gasteiger partial charge in [0.1, 0.15) is 12.0 Å². The van der Waals surface area contributed by atoms with E-state index in [2.05, 4.69) is 4.85 Å². The maximum absolute atomic E-state index is 10.5. The molecule has 14 heavy (non-hydrogen) atoms. The van der Waals surface area contributed by atoms with Crippen LogP contribution in [0.15, 0.2) is 18.2 Å². The van der Waals surface area contributed by atoms with E-state index in [1.165, 1.54) is 0 Å². The second kappa shape index (κ2) is 3.51. The molecule has 0 fully saturated rings. The Labute approximate surface area is 82.1 Å². The van der Waals surface area contributed by atoms with Crippen molar-refractivity contribution in [3.8, 4) is 5.75 Å². The number of nitrogens with zero attached hydrogens (tertiary/aromatic N) is 1. The van der Waals surface area contributed by atoms with E-state index in [1.54, 1.807) is 12.1 Å². The van der Waals surface area contributed by atoms with Crippen LogP contribution in [0.3, 0.4) is 0 Å². The molecule has 3 heteroatoms. The van der Waals surface area contributed by atoms with Crippen LogP contribution in [0.1, 0.15) is 22.3 Å². The van der Waals surface area contributed by atoms with Crippen LogP contribution in [0.25, 0.3) is 4.85 Å². The van der Waals surface area contributed by atoms with Crippen molar-refractivity contribution in [3.05, 3.63) is 40.7 Å². The first-order valence-electron chi connectivity index (χ1n) is 4.45. The van der Waals surface area contributed by atoms with Gasteiger partial charge in [-0.2, -0.15) is 0 Å². The molecule has 1 heterocycles. The highest BCUT2D eigenvalue weighted by molar-refractivity contribution is 5.75. The molecule has 1 atom stereocenters. The van der Waals surface area contributed by atoms with Gasteiger partial charge in [-0.05, 0) is 30.2 Å². The van der Waals surface area contributed by atoms with Gasteiger partial charge in [0.2, 0.25) is 0 Å². The van der Waals surface area contributed by atoms with E-state index >= 15 is 0 Å². The van der Waals surface area contributed by atoms with Crippen LogP contribution in [-0.4, -0.2) is 12.5 Å². The topological polar surface area (TPSA) is 30.7 Å². The molecule has 1 aliphatic rings.